The number of carbonyl (C=O) groups excluding carboxylic acids is 2. The molecule has 3 heterocycles. The molecule has 2 aliphatic heterocycles. The topological polar surface area (TPSA) is 139 Å². The quantitative estimate of drug-likeness (QED) is 0.113. The molecule has 1 fully saturated rings. The second kappa shape index (κ2) is 18.7. The van der Waals surface area contributed by atoms with E-state index in [0.29, 0.717) is 18.1 Å². The number of nitrogens with zero attached hydrogens (tertiary/aromatic N) is 2. The van der Waals surface area contributed by atoms with Gasteiger partial charge in [0.25, 0.3) is 0 Å². The third-order valence-corrected chi connectivity index (χ3v) is 13.0. The van der Waals surface area contributed by atoms with Gasteiger partial charge in [-0.05, 0) is 127 Å². The number of amides is 3. The van der Waals surface area contributed by atoms with Crippen LogP contribution in [0, 0.1) is 19.8 Å². The SMILES string of the molecule is CCC1CCC(Oc2ccc([C@H]3COc4cc5c(cc4O3)CN(C(=O)N[C@H](C)c3ccccc3)[C@H](C(=O)N[C@@H](Cc3ccc(-c4ccnc(C)c4C)cc3)C(=O)O)C5)cc2)CC1. The molecular weight excluding hydrogens is 781 g/mol. The maximum atomic E-state index is 14.3. The minimum absolute atomic E-state index is 0.0613. The predicted octanol–water partition coefficient (Wildman–Crippen LogP) is 9.24. The van der Waals surface area contributed by atoms with Crippen LogP contribution >= 0.6 is 0 Å². The number of carboxylic acids is 1. The van der Waals surface area contributed by atoms with E-state index in [1.807, 2.05) is 118 Å². The Hall–Kier alpha value is -6.36. The van der Waals surface area contributed by atoms with E-state index in [9.17, 15) is 19.5 Å². The fraction of sp³-hybridized carbons (Fsp3) is 0.373. The highest BCUT2D eigenvalue weighted by Gasteiger charge is 2.38. The number of nitrogens with one attached hydrogen (secondary N) is 2. The summed E-state index contributed by atoms with van der Waals surface area (Å²) in [6.07, 6.45) is 7.73. The number of aliphatic carboxylic acids is 1. The summed E-state index contributed by atoms with van der Waals surface area (Å²) in [7, 11) is 0. The number of urea groups is 1. The molecule has 3 aliphatic rings. The first kappa shape index (κ1) is 42.3. The van der Waals surface area contributed by atoms with Crippen molar-refractivity contribution in [3.8, 4) is 28.4 Å². The highest BCUT2D eigenvalue weighted by molar-refractivity contribution is 5.91. The van der Waals surface area contributed by atoms with Gasteiger partial charge in [-0.25, -0.2) is 9.59 Å². The number of fused-ring (bicyclic) bond motifs is 2. The van der Waals surface area contributed by atoms with Gasteiger partial charge in [-0.3, -0.25) is 9.78 Å². The fourth-order valence-electron chi connectivity index (χ4n) is 8.94. The summed E-state index contributed by atoms with van der Waals surface area (Å²) in [6, 6.07) is 28.0. The molecule has 0 bridgehead atoms. The zero-order valence-corrected chi connectivity index (χ0v) is 35.9. The molecule has 5 aromatic rings. The third kappa shape index (κ3) is 9.57. The van der Waals surface area contributed by atoms with Gasteiger partial charge in [0.15, 0.2) is 17.6 Å². The van der Waals surface area contributed by atoms with Crippen LogP contribution in [-0.2, 0) is 29.0 Å². The van der Waals surface area contributed by atoms with E-state index in [4.69, 9.17) is 14.2 Å². The van der Waals surface area contributed by atoms with Crippen LogP contribution in [0.4, 0.5) is 4.79 Å². The van der Waals surface area contributed by atoms with Crippen LogP contribution in [0.3, 0.4) is 0 Å². The first-order valence-corrected chi connectivity index (χ1v) is 21.9. The highest BCUT2D eigenvalue weighted by Crippen LogP contribution is 2.41. The Morgan fingerprint density at radius 1 is 0.887 bits per heavy atom. The molecule has 4 aromatic carbocycles. The normalized spacial score (nSPS) is 20.3. The minimum atomic E-state index is -1.23. The molecule has 62 heavy (non-hydrogen) atoms. The molecule has 322 valence electrons. The lowest BCUT2D eigenvalue weighted by Crippen LogP contribution is -2.57. The van der Waals surface area contributed by atoms with Gasteiger partial charge in [-0.1, -0.05) is 80.1 Å². The number of carboxylic acid groups (broad SMARTS) is 1. The van der Waals surface area contributed by atoms with Gasteiger partial charge in [0, 0.05) is 31.3 Å². The fourth-order valence-corrected chi connectivity index (χ4v) is 8.94. The van der Waals surface area contributed by atoms with Crippen molar-refractivity contribution < 1.29 is 33.7 Å². The van der Waals surface area contributed by atoms with Crippen LogP contribution in [0.5, 0.6) is 17.2 Å². The molecule has 0 spiro atoms. The van der Waals surface area contributed by atoms with Crippen molar-refractivity contribution in [2.24, 2.45) is 5.92 Å². The molecule has 0 radical (unpaired) electrons. The second-order valence-electron chi connectivity index (χ2n) is 17.0. The van der Waals surface area contributed by atoms with E-state index >= 15 is 0 Å². The predicted molar refractivity (Wildman–Crippen MR) is 237 cm³/mol. The molecule has 0 saturated heterocycles. The lowest BCUT2D eigenvalue weighted by atomic mass is 9.86. The molecule has 11 heteroatoms. The van der Waals surface area contributed by atoms with E-state index in [-0.39, 0.29) is 37.6 Å². The highest BCUT2D eigenvalue weighted by atomic mass is 16.6. The number of aromatic nitrogens is 1. The van der Waals surface area contributed by atoms with Gasteiger partial charge in [-0.15, -0.1) is 0 Å². The van der Waals surface area contributed by atoms with Crippen LogP contribution < -0.4 is 24.8 Å². The first-order chi connectivity index (χ1) is 30.0. The maximum absolute atomic E-state index is 14.3. The first-order valence-electron chi connectivity index (χ1n) is 21.9. The number of hydrogen-bond acceptors (Lipinski definition) is 7. The van der Waals surface area contributed by atoms with Crippen LogP contribution in [0.2, 0.25) is 0 Å². The largest absolute Gasteiger partial charge is 0.490 e. The number of benzene rings is 4. The molecule has 8 rings (SSSR count). The van der Waals surface area contributed by atoms with E-state index in [1.54, 1.807) is 6.20 Å². The second-order valence-corrected chi connectivity index (χ2v) is 17.0. The molecular formula is C51H56N4O7. The number of carbonyl (C=O) groups is 3. The molecule has 1 aromatic heterocycles. The summed E-state index contributed by atoms with van der Waals surface area (Å²) in [5.74, 6) is 1.05. The molecule has 11 nitrogen and oxygen atoms in total. The number of hydrogen-bond donors (Lipinski definition) is 3. The smallest absolute Gasteiger partial charge is 0.326 e. The van der Waals surface area contributed by atoms with Gasteiger partial charge in [0.2, 0.25) is 5.91 Å². The Bertz CT molecular complexity index is 2380. The monoisotopic (exact) mass is 836 g/mol. The Morgan fingerprint density at radius 2 is 1.61 bits per heavy atom. The number of rotatable bonds is 12. The van der Waals surface area contributed by atoms with Crippen molar-refractivity contribution in [3.63, 3.8) is 0 Å². The Kier molecular flexibility index (Phi) is 12.8. The minimum Gasteiger partial charge on any atom is -0.490 e. The van der Waals surface area contributed by atoms with Crippen molar-refractivity contribution in [3.05, 3.63) is 142 Å². The molecule has 0 unspecified atom stereocenters. The van der Waals surface area contributed by atoms with Crippen LogP contribution in [-0.4, -0.2) is 57.7 Å². The Labute approximate surface area is 363 Å². The lowest BCUT2D eigenvalue weighted by molar-refractivity contribution is -0.142. The van der Waals surface area contributed by atoms with Gasteiger partial charge in [-0.2, -0.15) is 0 Å². The summed E-state index contributed by atoms with van der Waals surface area (Å²) in [4.78, 5) is 47.0. The molecule has 3 N–H and O–H groups in total. The third-order valence-electron chi connectivity index (χ3n) is 13.0. The molecule has 3 amide bonds. The summed E-state index contributed by atoms with van der Waals surface area (Å²) < 4.78 is 19.1. The standard InChI is InChI=1S/C51H56N4O7/c1-5-34-13-19-41(20-14-34)61-42-21-17-38(18-22-42)48-30-60-46-27-39-26-45(55(29-40(39)28-47(46)62-48)51(59)53-33(4)36-9-7-6-8-10-36)49(56)54-44(50(57)58)25-35-11-15-37(16-12-35)43-23-24-52-32(3)31(43)2/h6-12,15-18,21-24,27-28,33-34,41,44-45,48H,5,13-14,19-20,25-26,29-30H2,1-4H3,(H,53,59)(H,54,56)(H,57,58)/t33-,34?,41?,44+,45+,48-/m1/s1. The van der Waals surface area contributed by atoms with Crippen LogP contribution in [0.1, 0.15) is 97.2 Å². The summed E-state index contributed by atoms with van der Waals surface area (Å²) in [5.41, 5.74) is 8.33. The average Bonchev–Trinajstić information content (AvgIpc) is 3.29. The summed E-state index contributed by atoms with van der Waals surface area (Å²) in [6.45, 7) is 8.54. The average molecular weight is 837 g/mol. The van der Waals surface area contributed by atoms with Crippen molar-refractivity contribution in [2.75, 3.05) is 6.61 Å². The lowest BCUT2D eigenvalue weighted by Gasteiger charge is -2.38. The Morgan fingerprint density at radius 3 is 2.32 bits per heavy atom. The molecule has 1 aliphatic carbocycles. The summed E-state index contributed by atoms with van der Waals surface area (Å²) in [5, 5.41) is 16.2. The van der Waals surface area contributed by atoms with Gasteiger partial charge in [0.05, 0.1) is 12.1 Å². The zero-order chi connectivity index (χ0) is 43.3. The summed E-state index contributed by atoms with van der Waals surface area (Å²) >= 11 is 0. The van der Waals surface area contributed by atoms with E-state index in [1.165, 1.54) is 24.2 Å². The van der Waals surface area contributed by atoms with E-state index < -0.39 is 30.0 Å². The van der Waals surface area contributed by atoms with Gasteiger partial charge >= 0.3 is 12.0 Å². The Balaban J connectivity index is 0.985. The van der Waals surface area contributed by atoms with Crippen molar-refractivity contribution in [2.45, 2.75) is 110 Å². The zero-order valence-electron chi connectivity index (χ0n) is 35.9. The number of pyridine rings is 1. The molecule has 1 saturated carbocycles. The van der Waals surface area contributed by atoms with Crippen molar-refractivity contribution in [1.82, 2.24) is 20.5 Å². The van der Waals surface area contributed by atoms with Crippen molar-refractivity contribution >= 4 is 17.9 Å². The number of ether oxygens (including phenoxy) is 3. The van der Waals surface area contributed by atoms with E-state index in [0.717, 1.165) is 74.7 Å². The van der Waals surface area contributed by atoms with Gasteiger partial charge < -0.3 is 34.9 Å². The van der Waals surface area contributed by atoms with Crippen LogP contribution in [0.15, 0.2) is 103 Å². The van der Waals surface area contributed by atoms with Crippen LogP contribution in [0.25, 0.3) is 11.1 Å². The van der Waals surface area contributed by atoms with Gasteiger partial charge in [0.1, 0.15) is 24.4 Å². The molecule has 4 atom stereocenters. The maximum Gasteiger partial charge on any atom is 0.326 e. The van der Waals surface area contributed by atoms with Crippen molar-refractivity contribution in [1.29, 1.82) is 0 Å². The number of aryl methyl sites for hydroxylation is 1. The van der Waals surface area contributed by atoms with E-state index in [2.05, 4.69) is 22.5 Å².